The molecule has 1 aliphatic rings. The van der Waals surface area contributed by atoms with Gasteiger partial charge in [-0.3, -0.25) is 4.79 Å². The third-order valence-corrected chi connectivity index (χ3v) is 4.69. The van der Waals surface area contributed by atoms with Gasteiger partial charge in [0.05, 0.1) is 12.6 Å². The molecule has 0 fully saturated rings. The van der Waals surface area contributed by atoms with Gasteiger partial charge in [-0.1, -0.05) is 43.7 Å². The van der Waals surface area contributed by atoms with Gasteiger partial charge in [0.25, 0.3) is 5.91 Å². The van der Waals surface area contributed by atoms with E-state index in [0.29, 0.717) is 12.5 Å². The van der Waals surface area contributed by atoms with E-state index in [-0.39, 0.29) is 18.6 Å². The van der Waals surface area contributed by atoms with Gasteiger partial charge < -0.3 is 14.8 Å². The zero-order chi connectivity index (χ0) is 18.7. The van der Waals surface area contributed by atoms with Crippen LogP contribution in [-0.4, -0.2) is 19.1 Å². The first kappa shape index (κ1) is 18.3. The number of amides is 1. The van der Waals surface area contributed by atoms with E-state index in [1.165, 1.54) is 0 Å². The Balaban J connectivity index is 1.66. The van der Waals surface area contributed by atoms with E-state index < -0.39 is 0 Å². The average Bonchev–Trinajstić information content (AvgIpc) is 2.60. The van der Waals surface area contributed by atoms with Crippen LogP contribution < -0.4 is 14.8 Å². The fourth-order valence-corrected chi connectivity index (χ4v) is 3.29. The number of fused-ring (bicyclic) bond motifs is 1. The minimum Gasteiger partial charge on any atom is -0.493 e. The normalized spacial score (nSPS) is 16.0. The second kappa shape index (κ2) is 7.81. The number of ether oxygens (including phenoxy) is 2. The molecule has 0 aromatic heterocycles. The summed E-state index contributed by atoms with van der Waals surface area (Å²) in [5.74, 6) is 1.88. The first-order valence-corrected chi connectivity index (χ1v) is 9.20. The summed E-state index contributed by atoms with van der Waals surface area (Å²) in [4.78, 5) is 12.5. The molecule has 4 heteroatoms. The summed E-state index contributed by atoms with van der Waals surface area (Å²) >= 11 is 0. The number of carbonyl (C=O) groups excluding carboxylic acids is 1. The number of carbonyl (C=O) groups is 1. The molecule has 1 atom stereocenters. The molecule has 0 bridgehead atoms. The van der Waals surface area contributed by atoms with E-state index in [4.69, 9.17) is 9.47 Å². The Morgan fingerprint density at radius 2 is 1.92 bits per heavy atom. The molecule has 3 rings (SSSR count). The van der Waals surface area contributed by atoms with Crippen molar-refractivity contribution >= 4 is 5.91 Å². The third kappa shape index (κ3) is 4.18. The van der Waals surface area contributed by atoms with Crippen molar-refractivity contribution < 1.29 is 14.3 Å². The SMILES string of the molecule is Cc1ccc(C(C)C)c(OCC(=O)NC2CCOc3ccc(C)cc32)c1. The van der Waals surface area contributed by atoms with Gasteiger partial charge in [0.2, 0.25) is 0 Å². The van der Waals surface area contributed by atoms with Crippen molar-refractivity contribution in [2.45, 2.75) is 46.1 Å². The zero-order valence-corrected chi connectivity index (χ0v) is 16.0. The standard InChI is InChI=1S/C22H27NO3/c1-14(2)17-7-5-16(4)12-21(17)26-13-22(24)23-19-9-10-25-20-8-6-15(3)11-18(19)20/h5-8,11-12,14,19H,9-10,13H2,1-4H3,(H,23,24). The largest absolute Gasteiger partial charge is 0.493 e. The Morgan fingerprint density at radius 3 is 2.69 bits per heavy atom. The maximum Gasteiger partial charge on any atom is 0.258 e. The molecule has 1 amide bonds. The Hall–Kier alpha value is -2.49. The lowest BCUT2D eigenvalue weighted by Gasteiger charge is -2.27. The van der Waals surface area contributed by atoms with Crippen molar-refractivity contribution in [1.82, 2.24) is 5.32 Å². The molecule has 1 heterocycles. The topological polar surface area (TPSA) is 47.6 Å². The highest BCUT2D eigenvalue weighted by Crippen LogP contribution is 2.32. The molecule has 0 saturated carbocycles. The Morgan fingerprint density at radius 1 is 1.19 bits per heavy atom. The van der Waals surface area contributed by atoms with Crippen LogP contribution >= 0.6 is 0 Å². The molecule has 0 radical (unpaired) electrons. The molecule has 1 N–H and O–H groups in total. The van der Waals surface area contributed by atoms with E-state index >= 15 is 0 Å². The van der Waals surface area contributed by atoms with Gasteiger partial charge in [-0.05, 0) is 43.0 Å². The van der Waals surface area contributed by atoms with Gasteiger partial charge in [-0.2, -0.15) is 0 Å². The van der Waals surface area contributed by atoms with Gasteiger partial charge >= 0.3 is 0 Å². The van der Waals surface area contributed by atoms with Crippen LogP contribution in [0.1, 0.15) is 54.5 Å². The maximum atomic E-state index is 12.5. The van der Waals surface area contributed by atoms with E-state index in [1.807, 2.05) is 32.0 Å². The second-order valence-corrected chi connectivity index (χ2v) is 7.28. The monoisotopic (exact) mass is 353 g/mol. The first-order chi connectivity index (χ1) is 12.4. The van der Waals surface area contributed by atoms with E-state index in [1.54, 1.807) is 0 Å². The maximum absolute atomic E-state index is 12.5. The molecular formula is C22H27NO3. The smallest absolute Gasteiger partial charge is 0.258 e. The predicted octanol–water partition coefficient (Wildman–Crippen LogP) is 4.45. The number of nitrogens with one attached hydrogen (secondary N) is 1. The fraction of sp³-hybridized carbons (Fsp3) is 0.409. The highest BCUT2D eigenvalue weighted by atomic mass is 16.5. The number of aryl methyl sites for hydroxylation is 2. The van der Waals surface area contributed by atoms with Crippen LogP contribution in [0.5, 0.6) is 11.5 Å². The van der Waals surface area contributed by atoms with E-state index in [9.17, 15) is 4.79 Å². The molecule has 4 nitrogen and oxygen atoms in total. The summed E-state index contributed by atoms with van der Waals surface area (Å²) in [6.45, 7) is 8.94. The Bertz CT molecular complexity index is 798. The second-order valence-electron chi connectivity index (χ2n) is 7.28. The molecule has 2 aromatic carbocycles. The Labute approximate surface area is 155 Å². The van der Waals surface area contributed by atoms with E-state index in [0.717, 1.165) is 40.2 Å². The molecular weight excluding hydrogens is 326 g/mol. The zero-order valence-electron chi connectivity index (χ0n) is 16.0. The minimum absolute atomic E-state index is 0.0156. The highest BCUT2D eigenvalue weighted by molar-refractivity contribution is 5.78. The van der Waals surface area contributed by atoms with Gasteiger partial charge in [-0.25, -0.2) is 0 Å². The molecule has 1 aliphatic heterocycles. The van der Waals surface area contributed by atoms with Crippen molar-refractivity contribution in [2.75, 3.05) is 13.2 Å². The van der Waals surface area contributed by atoms with Crippen molar-refractivity contribution in [3.8, 4) is 11.5 Å². The molecule has 26 heavy (non-hydrogen) atoms. The lowest BCUT2D eigenvalue weighted by Crippen LogP contribution is -2.35. The van der Waals surface area contributed by atoms with Crippen LogP contribution in [0, 0.1) is 13.8 Å². The summed E-state index contributed by atoms with van der Waals surface area (Å²) in [5, 5.41) is 3.09. The number of rotatable bonds is 5. The van der Waals surface area contributed by atoms with Crippen LogP contribution in [0.15, 0.2) is 36.4 Å². The molecule has 0 aliphatic carbocycles. The predicted molar refractivity (Wildman–Crippen MR) is 103 cm³/mol. The quantitative estimate of drug-likeness (QED) is 0.864. The molecule has 0 saturated heterocycles. The van der Waals surface area contributed by atoms with Gasteiger partial charge in [0.15, 0.2) is 6.61 Å². The van der Waals surface area contributed by atoms with Gasteiger partial charge in [0, 0.05) is 12.0 Å². The summed E-state index contributed by atoms with van der Waals surface area (Å²) in [5.41, 5.74) is 4.45. The van der Waals surface area contributed by atoms with Crippen molar-refractivity contribution in [2.24, 2.45) is 0 Å². The summed E-state index contributed by atoms with van der Waals surface area (Å²) in [7, 11) is 0. The number of hydrogen-bond donors (Lipinski definition) is 1. The molecule has 2 aromatic rings. The number of benzene rings is 2. The molecule has 138 valence electrons. The lowest BCUT2D eigenvalue weighted by atomic mass is 9.98. The van der Waals surface area contributed by atoms with Gasteiger partial charge in [0.1, 0.15) is 11.5 Å². The van der Waals surface area contributed by atoms with Gasteiger partial charge in [-0.15, -0.1) is 0 Å². The summed E-state index contributed by atoms with van der Waals surface area (Å²) < 4.78 is 11.5. The fourth-order valence-electron chi connectivity index (χ4n) is 3.29. The summed E-state index contributed by atoms with van der Waals surface area (Å²) in [6, 6.07) is 12.2. The first-order valence-electron chi connectivity index (χ1n) is 9.20. The molecule has 0 spiro atoms. The van der Waals surface area contributed by atoms with Crippen molar-refractivity contribution in [3.05, 3.63) is 58.7 Å². The van der Waals surface area contributed by atoms with Crippen molar-refractivity contribution in [1.29, 1.82) is 0 Å². The van der Waals surface area contributed by atoms with Crippen LogP contribution in [0.25, 0.3) is 0 Å². The van der Waals surface area contributed by atoms with Crippen LogP contribution in [0.2, 0.25) is 0 Å². The third-order valence-electron chi connectivity index (χ3n) is 4.69. The highest BCUT2D eigenvalue weighted by Gasteiger charge is 2.23. The average molecular weight is 353 g/mol. The van der Waals surface area contributed by atoms with Crippen LogP contribution in [0.4, 0.5) is 0 Å². The van der Waals surface area contributed by atoms with Crippen LogP contribution in [0.3, 0.4) is 0 Å². The van der Waals surface area contributed by atoms with E-state index in [2.05, 4.69) is 37.4 Å². The number of hydrogen-bond acceptors (Lipinski definition) is 3. The van der Waals surface area contributed by atoms with Crippen LogP contribution in [-0.2, 0) is 4.79 Å². The lowest BCUT2D eigenvalue weighted by molar-refractivity contribution is -0.124. The van der Waals surface area contributed by atoms with Crippen molar-refractivity contribution in [3.63, 3.8) is 0 Å². The Kier molecular flexibility index (Phi) is 5.50. The summed E-state index contributed by atoms with van der Waals surface area (Å²) in [6.07, 6.45) is 0.768. The minimum atomic E-state index is -0.111. The molecule has 1 unspecified atom stereocenters.